The molecule has 0 spiro atoms. The van der Waals surface area contributed by atoms with Gasteiger partial charge in [-0.2, -0.15) is 13.2 Å². The molecule has 0 bridgehead atoms. The van der Waals surface area contributed by atoms with E-state index in [9.17, 15) is 13.2 Å². The van der Waals surface area contributed by atoms with E-state index in [2.05, 4.69) is 5.32 Å². The summed E-state index contributed by atoms with van der Waals surface area (Å²) in [6, 6.07) is 0.244. The summed E-state index contributed by atoms with van der Waals surface area (Å²) in [5.74, 6) is -1.13. The van der Waals surface area contributed by atoms with Gasteiger partial charge in [-0.25, -0.2) is 0 Å². The van der Waals surface area contributed by atoms with Crippen LogP contribution in [0.3, 0.4) is 0 Å². The Morgan fingerprint density at radius 3 is 2.27 bits per heavy atom. The Bertz CT molecular complexity index is 124. The first-order valence-electron chi connectivity index (χ1n) is 3.80. The smallest absolute Gasteiger partial charge is 0.314 e. The lowest BCUT2D eigenvalue weighted by Gasteiger charge is -2.28. The van der Waals surface area contributed by atoms with E-state index in [1.807, 2.05) is 6.92 Å². The second kappa shape index (κ2) is 3.01. The lowest BCUT2D eigenvalue weighted by atomic mass is 9.95. The Morgan fingerprint density at radius 2 is 1.91 bits per heavy atom. The molecule has 1 N–H and O–H groups in total. The molecule has 0 aromatic rings. The van der Waals surface area contributed by atoms with Gasteiger partial charge in [0.25, 0.3) is 0 Å². The summed E-state index contributed by atoms with van der Waals surface area (Å²) >= 11 is 0. The molecule has 0 aromatic carbocycles. The summed E-state index contributed by atoms with van der Waals surface area (Å²) in [5.41, 5.74) is 0. The molecule has 1 fully saturated rings. The minimum atomic E-state index is -4.01. The van der Waals surface area contributed by atoms with Crippen LogP contribution in [-0.4, -0.2) is 18.8 Å². The Kier molecular flexibility index (Phi) is 2.42. The molecule has 4 heteroatoms. The highest BCUT2D eigenvalue weighted by Crippen LogP contribution is 2.31. The van der Waals surface area contributed by atoms with Crippen molar-refractivity contribution in [2.75, 3.05) is 6.54 Å². The number of hydrogen-bond acceptors (Lipinski definition) is 1. The Labute approximate surface area is 64.0 Å². The molecule has 0 amide bonds. The van der Waals surface area contributed by atoms with Gasteiger partial charge < -0.3 is 5.32 Å². The van der Waals surface area contributed by atoms with Gasteiger partial charge in [0.05, 0.1) is 5.92 Å². The molecule has 1 rings (SSSR count). The molecule has 0 aliphatic carbocycles. The highest BCUT2D eigenvalue weighted by Gasteiger charge is 2.40. The Hall–Kier alpha value is -0.250. The van der Waals surface area contributed by atoms with Crippen LogP contribution < -0.4 is 5.32 Å². The average Bonchev–Trinajstić information content (AvgIpc) is 1.86. The highest BCUT2D eigenvalue weighted by atomic mass is 19.4. The number of rotatable bonds is 0. The monoisotopic (exact) mass is 167 g/mol. The fraction of sp³-hybridized carbons (Fsp3) is 1.00. The second-order valence-electron chi connectivity index (χ2n) is 3.13. The molecular weight excluding hydrogens is 155 g/mol. The number of nitrogens with one attached hydrogen (secondary N) is 1. The van der Waals surface area contributed by atoms with Crippen molar-refractivity contribution in [2.45, 2.75) is 32.0 Å². The minimum Gasteiger partial charge on any atom is -0.314 e. The maximum atomic E-state index is 12.0. The van der Waals surface area contributed by atoms with E-state index in [0.29, 0.717) is 6.42 Å². The molecule has 1 heterocycles. The molecule has 1 saturated heterocycles. The predicted octanol–water partition coefficient (Wildman–Crippen LogP) is 1.94. The van der Waals surface area contributed by atoms with Crippen LogP contribution in [0.15, 0.2) is 0 Å². The van der Waals surface area contributed by atoms with Gasteiger partial charge in [-0.1, -0.05) is 0 Å². The first-order chi connectivity index (χ1) is 5.00. The molecule has 1 aliphatic rings. The van der Waals surface area contributed by atoms with Crippen molar-refractivity contribution in [2.24, 2.45) is 5.92 Å². The maximum Gasteiger partial charge on any atom is 0.393 e. The predicted molar refractivity (Wildman–Crippen MR) is 36.2 cm³/mol. The molecule has 2 atom stereocenters. The Balaban J connectivity index is 2.39. The molecule has 0 unspecified atom stereocenters. The first-order valence-corrected chi connectivity index (χ1v) is 3.80. The zero-order valence-electron chi connectivity index (χ0n) is 6.41. The third-order valence-electron chi connectivity index (χ3n) is 2.12. The van der Waals surface area contributed by atoms with E-state index in [-0.39, 0.29) is 19.0 Å². The molecule has 11 heavy (non-hydrogen) atoms. The summed E-state index contributed by atoms with van der Waals surface area (Å²) in [6.07, 6.45) is -3.10. The van der Waals surface area contributed by atoms with Gasteiger partial charge >= 0.3 is 6.18 Å². The number of piperidine rings is 1. The van der Waals surface area contributed by atoms with Gasteiger partial charge in [-0.15, -0.1) is 0 Å². The lowest BCUT2D eigenvalue weighted by molar-refractivity contribution is -0.179. The zero-order valence-corrected chi connectivity index (χ0v) is 6.41. The number of halogens is 3. The number of hydrogen-bond donors (Lipinski definition) is 1. The van der Waals surface area contributed by atoms with Crippen molar-refractivity contribution >= 4 is 0 Å². The van der Waals surface area contributed by atoms with Crippen LogP contribution in [0.2, 0.25) is 0 Å². The molecule has 0 aromatic heterocycles. The van der Waals surface area contributed by atoms with Crippen LogP contribution in [0.1, 0.15) is 19.8 Å². The van der Waals surface area contributed by atoms with E-state index in [0.717, 1.165) is 0 Å². The van der Waals surface area contributed by atoms with Gasteiger partial charge in [-0.3, -0.25) is 0 Å². The van der Waals surface area contributed by atoms with Crippen molar-refractivity contribution < 1.29 is 13.2 Å². The van der Waals surface area contributed by atoms with Crippen molar-refractivity contribution in [3.05, 3.63) is 0 Å². The summed E-state index contributed by atoms with van der Waals surface area (Å²) in [7, 11) is 0. The minimum absolute atomic E-state index is 0.0880. The van der Waals surface area contributed by atoms with E-state index >= 15 is 0 Å². The zero-order chi connectivity index (χ0) is 8.48. The van der Waals surface area contributed by atoms with E-state index in [1.165, 1.54) is 0 Å². The normalized spacial score (nSPS) is 33.8. The fourth-order valence-electron chi connectivity index (χ4n) is 1.28. The SMILES string of the molecule is C[C@H]1CC[C@H](C(F)(F)F)CN1. The second-order valence-corrected chi connectivity index (χ2v) is 3.13. The summed E-state index contributed by atoms with van der Waals surface area (Å²) in [5, 5.41) is 2.82. The largest absolute Gasteiger partial charge is 0.393 e. The molecule has 0 radical (unpaired) electrons. The molecule has 0 saturated carbocycles. The van der Waals surface area contributed by atoms with E-state index in [1.54, 1.807) is 0 Å². The van der Waals surface area contributed by atoms with Crippen molar-refractivity contribution in [1.82, 2.24) is 5.32 Å². The Morgan fingerprint density at radius 1 is 1.27 bits per heavy atom. The molecule has 1 aliphatic heterocycles. The molecule has 1 nitrogen and oxygen atoms in total. The van der Waals surface area contributed by atoms with Crippen molar-refractivity contribution in [3.8, 4) is 0 Å². The van der Waals surface area contributed by atoms with Gasteiger partial charge in [0, 0.05) is 12.6 Å². The third kappa shape index (κ3) is 2.36. The summed E-state index contributed by atoms with van der Waals surface area (Å²) < 4.78 is 36.1. The van der Waals surface area contributed by atoms with Gasteiger partial charge in [0.1, 0.15) is 0 Å². The first kappa shape index (κ1) is 8.84. The van der Waals surface area contributed by atoms with Crippen LogP contribution in [0, 0.1) is 5.92 Å². The highest BCUT2D eigenvalue weighted by molar-refractivity contribution is 4.78. The number of alkyl halides is 3. The molecular formula is C7H12F3N. The van der Waals surface area contributed by atoms with E-state index in [4.69, 9.17) is 0 Å². The lowest BCUT2D eigenvalue weighted by Crippen LogP contribution is -2.42. The van der Waals surface area contributed by atoms with Crippen molar-refractivity contribution in [3.63, 3.8) is 0 Å². The van der Waals surface area contributed by atoms with Crippen LogP contribution in [0.5, 0.6) is 0 Å². The molecule has 66 valence electrons. The average molecular weight is 167 g/mol. The summed E-state index contributed by atoms with van der Waals surface area (Å²) in [4.78, 5) is 0. The van der Waals surface area contributed by atoms with Gasteiger partial charge in [-0.05, 0) is 19.8 Å². The summed E-state index contributed by atoms with van der Waals surface area (Å²) in [6.45, 7) is 2.00. The van der Waals surface area contributed by atoms with Crippen LogP contribution in [0.4, 0.5) is 13.2 Å². The van der Waals surface area contributed by atoms with Gasteiger partial charge in [0.2, 0.25) is 0 Å². The van der Waals surface area contributed by atoms with Gasteiger partial charge in [0.15, 0.2) is 0 Å². The van der Waals surface area contributed by atoms with Crippen LogP contribution in [0.25, 0.3) is 0 Å². The van der Waals surface area contributed by atoms with Crippen LogP contribution in [-0.2, 0) is 0 Å². The van der Waals surface area contributed by atoms with Crippen molar-refractivity contribution in [1.29, 1.82) is 0 Å². The maximum absolute atomic E-state index is 12.0. The fourth-order valence-corrected chi connectivity index (χ4v) is 1.28. The topological polar surface area (TPSA) is 12.0 Å². The third-order valence-corrected chi connectivity index (χ3v) is 2.12. The standard InChI is InChI=1S/C7H12F3N/c1-5-2-3-6(4-11-5)7(8,9)10/h5-6,11H,2-4H2,1H3/t5-,6-/m0/s1. The van der Waals surface area contributed by atoms with Crippen LogP contribution >= 0.6 is 0 Å². The quantitative estimate of drug-likeness (QED) is 0.581. The van der Waals surface area contributed by atoms with E-state index < -0.39 is 12.1 Å².